The number of ether oxygens (including phenoxy) is 1. The summed E-state index contributed by atoms with van der Waals surface area (Å²) in [6.45, 7) is 0.381. The van der Waals surface area contributed by atoms with E-state index in [1.807, 2.05) is 0 Å². The highest BCUT2D eigenvalue weighted by Crippen LogP contribution is 2.17. The molecule has 0 aliphatic carbocycles. The molecule has 2 nitrogen and oxygen atoms in total. The van der Waals surface area contributed by atoms with Crippen molar-refractivity contribution in [3.8, 4) is 0 Å². The van der Waals surface area contributed by atoms with E-state index >= 15 is 0 Å². The molecular formula is C10H13F2NO. The van der Waals surface area contributed by atoms with E-state index in [1.165, 1.54) is 13.2 Å². The normalized spacial score (nSPS) is 10.6. The minimum absolute atomic E-state index is 0.0751. The second-order valence-electron chi connectivity index (χ2n) is 2.98. The molecule has 1 aromatic rings. The van der Waals surface area contributed by atoms with Gasteiger partial charge in [-0.15, -0.1) is 0 Å². The molecule has 0 saturated heterocycles. The Morgan fingerprint density at radius 2 is 1.79 bits per heavy atom. The van der Waals surface area contributed by atoms with Gasteiger partial charge in [0.2, 0.25) is 0 Å². The van der Waals surface area contributed by atoms with Gasteiger partial charge in [-0.25, -0.2) is 8.78 Å². The molecule has 78 valence electrons. The highest BCUT2D eigenvalue weighted by molar-refractivity contribution is 5.26. The van der Waals surface area contributed by atoms with Crippen LogP contribution in [0, 0.1) is 11.6 Å². The van der Waals surface area contributed by atoms with Crippen molar-refractivity contribution in [1.82, 2.24) is 0 Å². The van der Waals surface area contributed by atoms with Crippen molar-refractivity contribution in [2.75, 3.05) is 13.7 Å². The third-order valence-electron chi connectivity index (χ3n) is 1.96. The van der Waals surface area contributed by atoms with Gasteiger partial charge in [0, 0.05) is 12.7 Å². The number of methoxy groups -OCH3 is 1. The highest BCUT2D eigenvalue weighted by atomic mass is 19.2. The van der Waals surface area contributed by atoms with E-state index in [4.69, 9.17) is 10.5 Å². The van der Waals surface area contributed by atoms with E-state index < -0.39 is 11.6 Å². The topological polar surface area (TPSA) is 35.2 Å². The van der Waals surface area contributed by atoms with Crippen LogP contribution in [0.15, 0.2) is 12.1 Å². The molecule has 0 aliphatic rings. The lowest BCUT2D eigenvalue weighted by Gasteiger charge is -2.06. The number of rotatable bonds is 4. The summed E-state index contributed by atoms with van der Waals surface area (Å²) in [7, 11) is 1.44. The Morgan fingerprint density at radius 3 is 2.36 bits per heavy atom. The van der Waals surface area contributed by atoms with Gasteiger partial charge in [-0.1, -0.05) is 12.1 Å². The van der Waals surface area contributed by atoms with Crippen LogP contribution in [0.1, 0.15) is 11.1 Å². The Morgan fingerprint density at radius 1 is 1.21 bits per heavy atom. The summed E-state index contributed by atoms with van der Waals surface area (Å²) in [6, 6.07) is 3.06. The summed E-state index contributed by atoms with van der Waals surface area (Å²) in [4.78, 5) is 0. The zero-order valence-electron chi connectivity index (χ0n) is 8.02. The maximum atomic E-state index is 13.3. The number of nitrogens with two attached hydrogens (primary N) is 1. The van der Waals surface area contributed by atoms with Crippen molar-refractivity contribution < 1.29 is 13.5 Å². The van der Waals surface area contributed by atoms with Crippen molar-refractivity contribution in [1.29, 1.82) is 0 Å². The molecule has 14 heavy (non-hydrogen) atoms. The second kappa shape index (κ2) is 5.02. The largest absolute Gasteiger partial charge is 0.380 e. The lowest BCUT2D eigenvalue weighted by molar-refractivity contribution is 0.180. The average Bonchev–Trinajstić information content (AvgIpc) is 2.18. The molecule has 0 fully saturated rings. The minimum Gasteiger partial charge on any atom is -0.380 e. The summed E-state index contributed by atoms with van der Waals surface area (Å²) in [5.41, 5.74) is 5.80. The van der Waals surface area contributed by atoms with Crippen LogP contribution in [0.5, 0.6) is 0 Å². The third kappa shape index (κ3) is 2.27. The van der Waals surface area contributed by atoms with Crippen LogP contribution in [-0.4, -0.2) is 13.7 Å². The Balaban J connectivity index is 2.99. The van der Waals surface area contributed by atoms with Crippen LogP contribution in [0.2, 0.25) is 0 Å². The second-order valence-corrected chi connectivity index (χ2v) is 2.98. The van der Waals surface area contributed by atoms with E-state index in [2.05, 4.69) is 0 Å². The van der Waals surface area contributed by atoms with E-state index in [0.29, 0.717) is 18.5 Å². The van der Waals surface area contributed by atoms with Crippen molar-refractivity contribution in [3.63, 3.8) is 0 Å². The van der Waals surface area contributed by atoms with Crippen LogP contribution >= 0.6 is 0 Å². The Hall–Kier alpha value is -1.00. The Kier molecular flexibility index (Phi) is 3.98. The standard InChI is InChI=1S/C10H13F2NO/c1-14-6-8-3-2-7(4-5-13)9(11)10(8)12/h2-3H,4-6,13H2,1H3. The molecule has 0 amide bonds. The number of hydrogen-bond acceptors (Lipinski definition) is 2. The van der Waals surface area contributed by atoms with Crippen LogP contribution in [0.4, 0.5) is 8.78 Å². The minimum atomic E-state index is -0.835. The molecule has 0 radical (unpaired) electrons. The Bertz CT molecular complexity index is 284. The highest BCUT2D eigenvalue weighted by Gasteiger charge is 2.12. The first-order valence-electron chi connectivity index (χ1n) is 4.35. The number of halogens is 2. The summed E-state index contributed by atoms with van der Waals surface area (Å²) in [5, 5.41) is 0. The number of benzene rings is 1. The van der Waals surface area contributed by atoms with E-state index in [-0.39, 0.29) is 12.2 Å². The smallest absolute Gasteiger partial charge is 0.164 e. The molecular weight excluding hydrogens is 188 g/mol. The zero-order chi connectivity index (χ0) is 10.6. The molecule has 0 bridgehead atoms. The Labute approximate surface area is 81.7 Å². The third-order valence-corrected chi connectivity index (χ3v) is 1.96. The van der Waals surface area contributed by atoms with Crippen molar-refractivity contribution in [3.05, 3.63) is 34.9 Å². The first kappa shape index (κ1) is 11.1. The van der Waals surface area contributed by atoms with Crippen molar-refractivity contribution in [2.45, 2.75) is 13.0 Å². The van der Waals surface area contributed by atoms with Gasteiger partial charge in [0.25, 0.3) is 0 Å². The predicted octanol–water partition coefficient (Wildman–Crippen LogP) is 1.61. The molecule has 1 rings (SSSR count). The fourth-order valence-electron chi connectivity index (χ4n) is 1.24. The quantitative estimate of drug-likeness (QED) is 0.803. The summed E-state index contributed by atoms with van der Waals surface area (Å²) >= 11 is 0. The van der Waals surface area contributed by atoms with Gasteiger partial charge in [-0.2, -0.15) is 0 Å². The van der Waals surface area contributed by atoms with Crippen LogP contribution in [0.3, 0.4) is 0 Å². The van der Waals surface area contributed by atoms with Gasteiger partial charge in [-0.3, -0.25) is 0 Å². The molecule has 2 N–H and O–H groups in total. The molecule has 0 atom stereocenters. The average molecular weight is 201 g/mol. The predicted molar refractivity (Wildman–Crippen MR) is 49.8 cm³/mol. The molecule has 0 spiro atoms. The summed E-state index contributed by atoms with van der Waals surface area (Å²) in [6.07, 6.45) is 0.343. The van der Waals surface area contributed by atoms with Gasteiger partial charge < -0.3 is 10.5 Å². The van der Waals surface area contributed by atoms with E-state index in [0.717, 1.165) is 0 Å². The van der Waals surface area contributed by atoms with Crippen LogP contribution in [0.25, 0.3) is 0 Å². The van der Waals surface area contributed by atoms with Gasteiger partial charge in [0.05, 0.1) is 6.61 Å². The maximum absolute atomic E-state index is 13.3. The molecule has 1 aromatic carbocycles. The van der Waals surface area contributed by atoms with E-state index in [1.54, 1.807) is 6.07 Å². The van der Waals surface area contributed by atoms with Gasteiger partial charge >= 0.3 is 0 Å². The van der Waals surface area contributed by atoms with Crippen LogP contribution in [-0.2, 0) is 17.8 Å². The maximum Gasteiger partial charge on any atom is 0.164 e. The van der Waals surface area contributed by atoms with Gasteiger partial charge in [0.1, 0.15) is 0 Å². The molecule has 0 unspecified atom stereocenters. The molecule has 0 heterocycles. The van der Waals surface area contributed by atoms with Gasteiger partial charge in [-0.05, 0) is 18.5 Å². The van der Waals surface area contributed by atoms with Crippen LogP contribution < -0.4 is 5.73 Å². The monoisotopic (exact) mass is 201 g/mol. The van der Waals surface area contributed by atoms with Crippen molar-refractivity contribution in [2.24, 2.45) is 5.73 Å². The fraction of sp³-hybridized carbons (Fsp3) is 0.400. The fourth-order valence-corrected chi connectivity index (χ4v) is 1.24. The van der Waals surface area contributed by atoms with E-state index in [9.17, 15) is 8.78 Å². The lowest BCUT2D eigenvalue weighted by atomic mass is 10.1. The summed E-state index contributed by atoms with van der Waals surface area (Å²) in [5.74, 6) is -1.65. The number of hydrogen-bond donors (Lipinski definition) is 1. The summed E-state index contributed by atoms with van der Waals surface area (Å²) < 4.78 is 31.3. The first-order chi connectivity index (χ1) is 6.70. The molecule has 0 saturated carbocycles. The zero-order valence-corrected chi connectivity index (χ0v) is 8.02. The van der Waals surface area contributed by atoms with Gasteiger partial charge in [0.15, 0.2) is 11.6 Å². The first-order valence-corrected chi connectivity index (χ1v) is 4.35. The lowest BCUT2D eigenvalue weighted by Crippen LogP contribution is -2.07. The molecule has 0 aromatic heterocycles. The SMILES string of the molecule is COCc1ccc(CCN)c(F)c1F. The van der Waals surface area contributed by atoms with Crippen molar-refractivity contribution >= 4 is 0 Å². The molecule has 4 heteroatoms. The molecule has 0 aliphatic heterocycles.